The third-order valence-electron chi connectivity index (χ3n) is 3.30. The summed E-state index contributed by atoms with van der Waals surface area (Å²) in [6.07, 6.45) is 0. The molecule has 102 valence electrons. The Morgan fingerprint density at radius 1 is 1.21 bits per heavy atom. The van der Waals surface area contributed by atoms with Gasteiger partial charge >= 0.3 is 0 Å². The van der Waals surface area contributed by atoms with Gasteiger partial charge in [-0.05, 0) is 59.5 Å². The molecule has 0 spiro atoms. The van der Waals surface area contributed by atoms with E-state index >= 15 is 0 Å². The summed E-state index contributed by atoms with van der Waals surface area (Å²) in [5.41, 5.74) is 5.01. The average Bonchev–Trinajstić information content (AvgIpc) is 2.89. The first-order chi connectivity index (χ1) is 9.17. The molecule has 0 saturated heterocycles. The molecule has 2 nitrogen and oxygen atoms in total. The van der Waals surface area contributed by atoms with Gasteiger partial charge in [0.2, 0.25) is 0 Å². The molecule has 0 bridgehead atoms. The molecule has 0 aliphatic carbocycles. The molecule has 2 rings (SSSR count). The number of aryl methyl sites for hydroxylation is 2. The zero-order valence-corrected chi connectivity index (χ0v) is 12.8. The lowest BCUT2D eigenvalue weighted by Gasteiger charge is -2.20. The second-order valence-electron chi connectivity index (χ2n) is 4.74. The molecule has 0 amide bonds. The molecule has 0 aliphatic heterocycles. The molecular formula is C16H21NOS. The summed E-state index contributed by atoms with van der Waals surface area (Å²) in [6, 6.07) is 6.89. The van der Waals surface area contributed by atoms with E-state index in [2.05, 4.69) is 55.0 Å². The average molecular weight is 275 g/mol. The van der Waals surface area contributed by atoms with Crippen molar-refractivity contribution in [3.8, 4) is 5.75 Å². The van der Waals surface area contributed by atoms with Crippen LogP contribution in [0, 0.1) is 13.8 Å². The van der Waals surface area contributed by atoms with E-state index in [1.165, 1.54) is 22.3 Å². The van der Waals surface area contributed by atoms with E-state index < -0.39 is 0 Å². The molecule has 1 heterocycles. The van der Waals surface area contributed by atoms with E-state index in [0.29, 0.717) is 0 Å². The van der Waals surface area contributed by atoms with E-state index in [4.69, 9.17) is 4.74 Å². The minimum Gasteiger partial charge on any atom is -0.496 e. The van der Waals surface area contributed by atoms with E-state index in [9.17, 15) is 0 Å². The first-order valence-corrected chi connectivity index (χ1v) is 7.52. The minimum atomic E-state index is 0.263. The lowest BCUT2D eigenvalue weighted by atomic mass is 9.96. The maximum atomic E-state index is 5.44. The Morgan fingerprint density at radius 2 is 1.89 bits per heavy atom. The van der Waals surface area contributed by atoms with Crippen LogP contribution in [0.2, 0.25) is 0 Å². The molecule has 1 N–H and O–H groups in total. The number of ether oxygens (including phenoxy) is 1. The summed E-state index contributed by atoms with van der Waals surface area (Å²) in [6.45, 7) is 7.30. The maximum absolute atomic E-state index is 5.44. The molecule has 19 heavy (non-hydrogen) atoms. The number of nitrogens with one attached hydrogen (secondary N) is 1. The van der Waals surface area contributed by atoms with Gasteiger partial charge < -0.3 is 10.1 Å². The highest BCUT2D eigenvalue weighted by Crippen LogP contribution is 2.30. The largest absolute Gasteiger partial charge is 0.496 e. The zero-order chi connectivity index (χ0) is 13.8. The van der Waals surface area contributed by atoms with Crippen LogP contribution in [0.1, 0.15) is 35.2 Å². The van der Waals surface area contributed by atoms with Gasteiger partial charge in [0, 0.05) is 0 Å². The SMILES string of the molecule is CCNC(c1ccsc1)c1cc(C)c(OC)c(C)c1. The van der Waals surface area contributed by atoms with Crippen molar-refractivity contribution < 1.29 is 4.74 Å². The summed E-state index contributed by atoms with van der Waals surface area (Å²) >= 11 is 1.74. The topological polar surface area (TPSA) is 21.3 Å². The van der Waals surface area contributed by atoms with Crippen molar-refractivity contribution in [2.45, 2.75) is 26.8 Å². The molecule has 2 aromatic rings. The molecule has 3 heteroatoms. The van der Waals surface area contributed by atoms with Gasteiger partial charge in [-0.2, -0.15) is 11.3 Å². The van der Waals surface area contributed by atoms with E-state index in [1.54, 1.807) is 18.4 Å². The molecule has 0 aliphatic rings. The second-order valence-corrected chi connectivity index (χ2v) is 5.52. The van der Waals surface area contributed by atoms with Crippen LogP contribution in [0.15, 0.2) is 29.0 Å². The fraction of sp³-hybridized carbons (Fsp3) is 0.375. The van der Waals surface area contributed by atoms with Gasteiger partial charge in [0.1, 0.15) is 5.75 Å². The molecule has 1 aromatic heterocycles. The van der Waals surface area contributed by atoms with Crippen molar-refractivity contribution in [3.63, 3.8) is 0 Å². The highest BCUT2D eigenvalue weighted by Gasteiger charge is 2.16. The van der Waals surface area contributed by atoms with E-state index in [1.807, 2.05) is 0 Å². The van der Waals surface area contributed by atoms with Crippen molar-refractivity contribution in [3.05, 3.63) is 51.2 Å². The summed E-state index contributed by atoms with van der Waals surface area (Å²) in [7, 11) is 1.73. The Labute approximate surface area is 119 Å². The summed E-state index contributed by atoms with van der Waals surface area (Å²) in [5.74, 6) is 0.990. The Morgan fingerprint density at radius 3 is 2.37 bits per heavy atom. The number of hydrogen-bond donors (Lipinski definition) is 1. The Balaban J connectivity index is 2.43. The predicted molar refractivity (Wildman–Crippen MR) is 82.3 cm³/mol. The van der Waals surface area contributed by atoms with Gasteiger partial charge in [0.05, 0.1) is 13.2 Å². The van der Waals surface area contributed by atoms with Crippen LogP contribution >= 0.6 is 11.3 Å². The van der Waals surface area contributed by atoms with Crippen molar-refractivity contribution in [2.24, 2.45) is 0 Å². The van der Waals surface area contributed by atoms with Crippen LogP contribution in [0.5, 0.6) is 5.75 Å². The van der Waals surface area contributed by atoms with Crippen LogP contribution in [-0.2, 0) is 0 Å². The minimum absolute atomic E-state index is 0.263. The standard InChI is InChI=1S/C16H21NOS/c1-5-17-15(13-6-7-19-10-13)14-8-11(2)16(18-4)12(3)9-14/h6-10,15,17H,5H2,1-4H3. The van der Waals surface area contributed by atoms with Gasteiger partial charge in [-0.3, -0.25) is 0 Å². The first-order valence-electron chi connectivity index (χ1n) is 6.58. The van der Waals surface area contributed by atoms with Crippen molar-refractivity contribution >= 4 is 11.3 Å². The number of rotatable bonds is 5. The Hall–Kier alpha value is -1.32. The quantitative estimate of drug-likeness (QED) is 0.888. The fourth-order valence-electron chi connectivity index (χ4n) is 2.54. The fourth-order valence-corrected chi connectivity index (χ4v) is 3.23. The summed E-state index contributed by atoms with van der Waals surface area (Å²) < 4.78 is 5.44. The molecule has 1 unspecified atom stereocenters. The van der Waals surface area contributed by atoms with Crippen LogP contribution in [0.4, 0.5) is 0 Å². The summed E-state index contributed by atoms with van der Waals surface area (Å²) in [5, 5.41) is 7.90. The smallest absolute Gasteiger partial charge is 0.124 e. The number of thiophene rings is 1. The van der Waals surface area contributed by atoms with Crippen LogP contribution in [0.3, 0.4) is 0 Å². The van der Waals surface area contributed by atoms with Crippen molar-refractivity contribution in [1.82, 2.24) is 5.32 Å². The lowest BCUT2D eigenvalue weighted by molar-refractivity contribution is 0.408. The van der Waals surface area contributed by atoms with Gasteiger partial charge in [-0.1, -0.05) is 19.1 Å². The highest BCUT2D eigenvalue weighted by atomic mass is 32.1. The van der Waals surface area contributed by atoms with Gasteiger partial charge in [-0.15, -0.1) is 0 Å². The third kappa shape index (κ3) is 2.99. The van der Waals surface area contributed by atoms with Gasteiger partial charge in [-0.25, -0.2) is 0 Å². The van der Waals surface area contributed by atoms with E-state index in [-0.39, 0.29) is 6.04 Å². The Kier molecular flexibility index (Phi) is 4.61. The Bertz CT molecular complexity index is 511. The van der Waals surface area contributed by atoms with Crippen LogP contribution in [-0.4, -0.2) is 13.7 Å². The number of methoxy groups -OCH3 is 1. The number of benzene rings is 1. The maximum Gasteiger partial charge on any atom is 0.124 e. The zero-order valence-electron chi connectivity index (χ0n) is 12.0. The molecule has 1 atom stereocenters. The summed E-state index contributed by atoms with van der Waals surface area (Å²) in [4.78, 5) is 0. The number of hydrogen-bond acceptors (Lipinski definition) is 3. The molecule has 0 fully saturated rings. The normalized spacial score (nSPS) is 12.4. The highest BCUT2D eigenvalue weighted by molar-refractivity contribution is 7.08. The van der Waals surface area contributed by atoms with Gasteiger partial charge in [0.15, 0.2) is 0 Å². The molecular weight excluding hydrogens is 254 g/mol. The van der Waals surface area contributed by atoms with Crippen molar-refractivity contribution in [1.29, 1.82) is 0 Å². The molecule has 0 saturated carbocycles. The monoisotopic (exact) mass is 275 g/mol. The van der Waals surface area contributed by atoms with E-state index in [0.717, 1.165) is 12.3 Å². The second kappa shape index (κ2) is 6.22. The van der Waals surface area contributed by atoms with Crippen molar-refractivity contribution in [2.75, 3.05) is 13.7 Å². The van der Waals surface area contributed by atoms with Crippen LogP contribution in [0.25, 0.3) is 0 Å². The lowest BCUT2D eigenvalue weighted by Crippen LogP contribution is -2.21. The molecule has 1 aromatic carbocycles. The van der Waals surface area contributed by atoms with Crippen LogP contribution < -0.4 is 10.1 Å². The third-order valence-corrected chi connectivity index (χ3v) is 4.01. The van der Waals surface area contributed by atoms with Gasteiger partial charge in [0.25, 0.3) is 0 Å². The molecule has 0 radical (unpaired) electrons. The predicted octanol–water partition coefficient (Wildman–Crippen LogP) is 4.07. The first kappa shape index (κ1) is 14.1.